The first kappa shape index (κ1) is 21.2. The van der Waals surface area contributed by atoms with Gasteiger partial charge in [0, 0.05) is 49.4 Å². The standard InChI is InChI=1S/C18H19N3O6S2/c22-16(23)2-1-5-20-17(24)15(29-18(20)28)11-12-10-13(21(25)26)3-4-14(12)19-6-8-27-9-7-19/h3-4,10-11H,1-2,5-9H2,(H,22,23)/b15-11-. The van der Waals surface area contributed by atoms with Crippen molar-refractivity contribution in [1.82, 2.24) is 4.90 Å². The van der Waals surface area contributed by atoms with Crippen LogP contribution in [0.15, 0.2) is 23.1 Å². The maximum absolute atomic E-state index is 12.7. The number of thiocarbonyl (C=S) groups is 1. The molecule has 29 heavy (non-hydrogen) atoms. The van der Waals surface area contributed by atoms with Gasteiger partial charge in [-0.2, -0.15) is 0 Å². The van der Waals surface area contributed by atoms with E-state index in [4.69, 9.17) is 22.1 Å². The van der Waals surface area contributed by atoms with Crippen molar-refractivity contribution in [3.8, 4) is 0 Å². The second-order valence-electron chi connectivity index (χ2n) is 6.43. The summed E-state index contributed by atoms with van der Waals surface area (Å²) in [6.45, 7) is 2.63. The number of carboxylic acids is 1. The van der Waals surface area contributed by atoms with Gasteiger partial charge in [-0.1, -0.05) is 24.0 Å². The van der Waals surface area contributed by atoms with E-state index in [0.29, 0.717) is 47.5 Å². The topological polar surface area (TPSA) is 113 Å². The third kappa shape index (κ3) is 5.11. The Morgan fingerprint density at radius 2 is 2.10 bits per heavy atom. The van der Waals surface area contributed by atoms with Crippen molar-refractivity contribution >= 4 is 57.6 Å². The number of anilines is 1. The Kier molecular flexibility index (Phi) is 6.83. The number of nitro groups is 1. The monoisotopic (exact) mass is 437 g/mol. The quantitative estimate of drug-likeness (QED) is 0.297. The summed E-state index contributed by atoms with van der Waals surface area (Å²) < 4.78 is 5.72. The van der Waals surface area contributed by atoms with Gasteiger partial charge in [0.25, 0.3) is 11.6 Å². The Morgan fingerprint density at radius 3 is 2.76 bits per heavy atom. The molecule has 0 unspecified atom stereocenters. The number of ether oxygens (including phenoxy) is 1. The Bertz CT molecular complexity index is 882. The lowest BCUT2D eigenvalue weighted by atomic mass is 10.1. The van der Waals surface area contributed by atoms with Crippen molar-refractivity contribution in [2.45, 2.75) is 12.8 Å². The van der Waals surface area contributed by atoms with E-state index in [0.717, 1.165) is 17.4 Å². The van der Waals surface area contributed by atoms with Crippen LogP contribution in [0.3, 0.4) is 0 Å². The van der Waals surface area contributed by atoms with Crippen molar-refractivity contribution in [3.05, 3.63) is 38.8 Å². The van der Waals surface area contributed by atoms with Crippen LogP contribution in [0.25, 0.3) is 6.08 Å². The van der Waals surface area contributed by atoms with Gasteiger partial charge in [-0.3, -0.25) is 24.6 Å². The number of hydrogen-bond acceptors (Lipinski definition) is 8. The molecule has 9 nitrogen and oxygen atoms in total. The molecule has 2 aliphatic rings. The molecule has 2 heterocycles. The average molecular weight is 437 g/mol. The van der Waals surface area contributed by atoms with Crippen LogP contribution in [0, 0.1) is 10.1 Å². The normalized spacial score (nSPS) is 18.6. The fraction of sp³-hybridized carbons (Fsp3) is 0.389. The van der Waals surface area contributed by atoms with Crippen LogP contribution in [0.1, 0.15) is 18.4 Å². The lowest BCUT2D eigenvalue weighted by Crippen LogP contribution is -2.36. The van der Waals surface area contributed by atoms with E-state index in [1.807, 2.05) is 0 Å². The number of aliphatic carboxylic acids is 1. The smallest absolute Gasteiger partial charge is 0.303 e. The first-order valence-electron chi connectivity index (χ1n) is 8.95. The first-order valence-corrected chi connectivity index (χ1v) is 10.2. The summed E-state index contributed by atoms with van der Waals surface area (Å²) in [4.78, 5) is 38.0. The molecule has 1 amide bonds. The van der Waals surface area contributed by atoms with Crippen molar-refractivity contribution in [1.29, 1.82) is 0 Å². The summed E-state index contributed by atoms with van der Waals surface area (Å²) in [6, 6.07) is 4.57. The number of nitro benzene ring substituents is 1. The maximum atomic E-state index is 12.7. The summed E-state index contributed by atoms with van der Waals surface area (Å²) in [6.07, 6.45) is 1.86. The lowest BCUT2D eigenvalue weighted by Gasteiger charge is -2.30. The maximum Gasteiger partial charge on any atom is 0.303 e. The molecule has 0 atom stereocenters. The zero-order valence-electron chi connectivity index (χ0n) is 15.4. The predicted octanol–water partition coefficient (Wildman–Crippen LogP) is 2.50. The molecule has 0 bridgehead atoms. The van der Waals surface area contributed by atoms with E-state index in [1.165, 1.54) is 17.0 Å². The van der Waals surface area contributed by atoms with Crippen molar-refractivity contribution in [2.24, 2.45) is 0 Å². The Labute approximate surface area is 176 Å². The number of nitrogens with zero attached hydrogens (tertiary/aromatic N) is 3. The number of rotatable bonds is 7. The highest BCUT2D eigenvalue weighted by Gasteiger charge is 2.32. The number of amides is 1. The molecule has 0 radical (unpaired) electrons. The largest absolute Gasteiger partial charge is 0.481 e. The highest BCUT2D eigenvalue weighted by molar-refractivity contribution is 8.26. The molecule has 2 fully saturated rings. The number of carboxylic acid groups (broad SMARTS) is 1. The number of non-ortho nitro benzene ring substituents is 1. The van der Waals surface area contributed by atoms with Gasteiger partial charge in [-0.15, -0.1) is 0 Å². The van der Waals surface area contributed by atoms with Crippen LogP contribution in [0.2, 0.25) is 0 Å². The minimum absolute atomic E-state index is 0.0534. The number of benzene rings is 1. The van der Waals surface area contributed by atoms with Crippen LogP contribution in [-0.2, 0) is 14.3 Å². The van der Waals surface area contributed by atoms with Crippen molar-refractivity contribution in [3.63, 3.8) is 0 Å². The lowest BCUT2D eigenvalue weighted by molar-refractivity contribution is -0.384. The molecule has 11 heteroatoms. The Morgan fingerprint density at radius 1 is 1.38 bits per heavy atom. The zero-order chi connectivity index (χ0) is 21.0. The molecular formula is C18H19N3O6S2. The van der Waals surface area contributed by atoms with Crippen LogP contribution < -0.4 is 4.90 Å². The van der Waals surface area contributed by atoms with Gasteiger partial charge in [0.05, 0.1) is 23.0 Å². The third-order valence-corrected chi connectivity index (χ3v) is 5.88. The van der Waals surface area contributed by atoms with Crippen LogP contribution in [-0.4, -0.2) is 64.0 Å². The molecule has 1 N–H and O–H groups in total. The van der Waals surface area contributed by atoms with Gasteiger partial charge in [-0.25, -0.2) is 0 Å². The molecule has 0 aliphatic carbocycles. The minimum atomic E-state index is -0.933. The van der Waals surface area contributed by atoms with Gasteiger partial charge in [0.1, 0.15) is 4.32 Å². The molecule has 0 spiro atoms. The molecule has 0 aromatic heterocycles. The highest BCUT2D eigenvalue weighted by atomic mass is 32.2. The van der Waals surface area contributed by atoms with Gasteiger partial charge in [0.15, 0.2) is 0 Å². The number of hydrogen-bond donors (Lipinski definition) is 1. The fourth-order valence-electron chi connectivity index (χ4n) is 3.09. The number of morpholine rings is 1. The molecule has 154 valence electrons. The van der Waals surface area contributed by atoms with E-state index < -0.39 is 10.9 Å². The van der Waals surface area contributed by atoms with Gasteiger partial charge in [0.2, 0.25) is 0 Å². The van der Waals surface area contributed by atoms with Crippen molar-refractivity contribution in [2.75, 3.05) is 37.7 Å². The van der Waals surface area contributed by atoms with E-state index in [2.05, 4.69) is 4.90 Å². The van der Waals surface area contributed by atoms with E-state index in [1.54, 1.807) is 12.1 Å². The van der Waals surface area contributed by atoms with E-state index in [9.17, 15) is 19.7 Å². The summed E-state index contributed by atoms with van der Waals surface area (Å²) >= 11 is 6.37. The molecule has 1 aromatic rings. The summed E-state index contributed by atoms with van der Waals surface area (Å²) in [5.74, 6) is -1.25. The molecule has 0 saturated carbocycles. The molecule has 1 aromatic carbocycles. The Hall–Kier alpha value is -2.50. The van der Waals surface area contributed by atoms with Crippen LogP contribution in [0.5, 0.6) is 0 Å². The van der Waals surface area contributed by atoms with Gasteiger partial charge >= 0.3 is 5.97 Å². The fourth-order valence-corrected chi connectivity index (χ4v) is 4.39. The first-order chi connectivity index (χ1) is 13.9. The molecule has 2 saturated heterocycles. The van der Waals surface area contributed by atoms with Crippen LogP contribution >= 0.6 is 24.0 Å². The highest BCUT2D eigenvalue weighted by Crippen LogP contribution is 2.36. The molecule has 2 aliphatic heterocycles. The second-order valence-corrected chi connectivity index (χ2v) is 8.11. The minimum Gasteiger partial charge on any atom is -0.481 e. The third-order valence-electron chi connectivity index (χ3n) is 4.51. The summed E-state index contributed by atoms with van der Waals surface area (Å²) in [5.41, 5.74) is 1.28. The summed E-state index contributed by atoms with van der Waals surface area (Å²) in [7, 11) is 0. The average Bonchev–Trinajstić information content (AvgIpc) is 2.95. The van der Waals surface area contributed by atoms with E-state index in [-0.39, 0.29) is 24.6 Å². The predicted molar refractivity (Wildman–Crippen MR) is 113 cm³/mol. The molecular weight excluding hydrogens is 418 g/mol. The van der Waals surface area contributed by atoms with Crippen LogP contribution in [0.4, 0.5) is 11.4 Å². The molecule has 3 rings (SSSR count). The van der Waals surface area contributed by atoms with Gasteiger partial charge in [-0.05, 0) is 18.6 Å². The van der Waals surface area contributed by atoms with Gasteiger partial charge < -0.3 is 14.7 Å². The second kappa shape index (κ2) is 9.33. The Balaban J connectivity index is 1.88. The SMILES string of the molecule is O=C(O)CCCN1C(=O)/C(=C/c2cc([N+](=O)[O-])ccc2N2CCOCC2)SC1=S. The number of carbonyl (C=O) groups is 2. The number of thioether (sulfide) groups is 1. The van der Waals surface area contributed by atoms with Crippen molar-refractivity contribution < 1.29 is 24.4 Å². The zero-order valence-corrected chi connectivity index (χ0v) is 17.0. The summed E-state index contributed by atoms with van der Waals surface area (Å²) in [5, 5.41) is 20.0. The van der Waals surface area contributed by atoms with E-state index >= 15 is 0 Å². The number of carbonyl (C=O) groups excluding carboxylic acids is 1.